The molecule has 0 spiro atoms. The summed E-state index contributed by atoms with van der Waals surface area (Å²) in [5.41, 5.74) is -1.89. The Balaban J connectivity index is 3.36. The Bertz CT molecular complexity index is 951. The van der Waals surface area contributed by atoms with Crippen LogP contribution in [0.3, 0.4) is 0 Å². The number of hydrogen-bond donors (Lipinski definition) is 2. The molecule has 2 amide bonds. The second-order valence-corrected chi connectivity index (χ2v) is 10.8. The number of ether oxygens (including phenoxy) is 6. The van der Waals surface area contributed by atoms with Crippen LogP contribution in [0.15, 0.2) is 12.7 Å². The van der Waals surface area contributed by atoms with Crippen molar-refractivity contribution in [2.24, 2.45) is 0 Å². The van der Waals surface area contributed by atoms with E-state index in [1.807, 2.05) is 0 Å². The van der Waals surface area contributed by atoms with Gasteiger partial charge < -0.3 is 39.1 Å². The summed E-state index contributed by atoms with van der Waals surface area (Å²) in [6.45, 7) is 12.6. The molecule has 0 saturated carbocycles. The van der Waals surface area contributed by atoms with Crippen LogP contribution in [-0.2, 0) is 52.4 Å². The summed E-state index contributed by atoms with van der Waals surface area (Å²) in [7, 11) is 0. The molecule has 0 aromatic carbocycles. The third-order valence-electron chi connectivity index (χ3n) is 4.82. The molecule has 2 N–H and O–H groups in total. The molecule has 6 atom stereocenters. The normalized spacial score (nSPS) is 23.0. The first kappa shape index (κ1) is 34.7. The van der Waals surface area contributed by atoms with Gasteiger partial charge in [-0.2, -0.15) is 0 Å². The van der Waals surface area contributed by atoms with E-state index in [4.69, 9.17) is 28.4 Å². The molecule has 1 fully saturated rings. The summed E-state index contributed by atoms with van der Waals surface area (Å²) >= 11 is 0.961. The maximum absolute atomic E-state index is 12.7. The van der Waals surface area contributed by atoms with Gasteiger partial charge in [0.15, 0.2) is 12.2 Å². The van der Waals surface area contributed by atoms with Crippen molar-refractivity contribution in [3.63, 3.8) is 0 Å². The van der Waals surface area contributed by atoms with Crippen LogP contribution in [0.2, 0.25) is 0 Å². The fourth-order valence-electron chi connectivity index (χ4n) is 3.48. The van der Waals surface area contributed by atoms with Gasteiger partial charge in [0, 0.05) is 33.4 Å². The van der Waals surface area contributed by atoms with Gasteiger partial charge in [-0.05, 0) is 20.8 Å². The van der Waals surface area contributed by atoms with Gasteiger partial charge in [0.1, 0.15) is 42.4 Å². The number of carbonyl (C=O) groups excluding carboxylic acids is 6. The van der Waals surface area contributed by atoms with E-state index in [0.717, 1.165) is 25.6 Å². The molecule has 226 valence electrons. The van der Waals surface area contributed by atoms with Crippen molar-refractivity contribution in [1.82, 2.24) is 10.6 Å². The van der Waals surface area contributed by atoms with Crippen LogP contribution in [0, 0.1) is 0 Å². The first-order valence-electron chi connectivity index (χ1n) is 12.3. The predicted molar refractivity (Wildman–Crippen MR) is 141 cm³/mol. The monoisotopic (exact) mass is 590 g/mol. The van der Waals surface area contributed by atoms with E-state index in [9.17, 15) is 28.8 Å². The Morgan fingerprint density at radius 3 is 2.05 bits per heavy atom. The highest BCUT2D eigenvalue weighted by Gasteiger charge is 2.51. The lowest BCUT2D eigenvalue weighted by molar-refractivity contribution is -0.211. The largest absolute Gasteiger partial charge is 0.463 e. The smallest absolute Gasteiger partial charge is 0.408 e. The highest BCUT2D eigenvalue weighted by atomic mass is 32.2. The van der Waals surface area contributed by atoms with E-state index < -0.39 is 77.3 Å². The van der Waals surface area contributed by atoms with Crippen LogP contribution < -0.4 is 10.6 Å². The molecule has 1 rings (SSSR count). The highest BCUT2D eigenvalue weighted by Crippen LogP contribution is 2.33. The molecule has 0 aliphatic carbocycles. The Labute approximate surface area is 237 Å². The van der Waals surface area contributed by atoms with Crippen molar-refractivity contribution >= 4 is 47.6 Å². The third kappa shape index (κ3) is 12.7. The summed E-state index contributed by atoms with van der Waals surface area (Å²) < 4.78 is 32.3. The number of amides is 2. The number of alkyl carbamates (subject to hydrolysis) is 1. The quantitative estimate of drug-likeness (QED) is 0.187. The molecule has 0 bridgehead atoms. The van der Waals surface area contributed by atoms with Crippen molar-refractivity contribution in [3.05, 3.63) is 12.7 Å². The molecular weight excluding hydrogens is 552 g/mol. The van der Waals surface area contributed by atoms with Gasteiger partial charge in [0.2, 0.25) is 5.91 Å². The molecule has 14 nitrogen and oxygen atoms in total. The van der Waals surface area contributed by atoms with Gasteiger partial charge in [0.25, 0.3) is 0 Å². The van der Waals surface area contributed by atoms with E-state index in [-0.39, 0.29) is 19.0 Å². The second-order valence-electron chi connectivity index (χ2n) is 9.67. The first-order valence-corrected chi connectivity index (χ1v) is 13.4. The zero-order chi connectivity index (χ0) is 30.6. The summed E-state index contributed by atoms with van der Waals surface area (Å²) in [5.74, 6) is -3.60. The Morgan fingerprint density at radius 2 is 1.55 bits per heavy atom. The zero-order valence-electron chi connectivity index (χ0n) is 23.7. The van der Waals surface area contributed by atoms with Crippen LogP contribution in [0.5, 0.6) is 0 Å². The Kier molecular flexibility index (Phi) is 13.9. The van der Waals surface area contributed by atoms with E-state index >= 15 is 0 Å². The molecule has 1 aliphatic heterocycles. The molecule has 0 aromatic heterocycles. The molecule has 0 radical (unpaired) electrons. The number of hydrogen-bond acceptors (Lipinski definition) is 13. The van der Waals surface area contributed by atoms with Crippen molar-refractivity contribution in [2.45, 2.75) is 89.9 Å². The van der Waals surface area contributed by atoms with Gasteiger partial charge >= 0.3 is 30.0 Å². The van der Waals surface area contributed by atoms with Crippen molar-refractivity contribution in [1.29, 1.82) is 0 Å². The topological polar surface area (TPSA) is 182 Å². The molecule has 1 saturated heterocycles. The minimum Gasteiger partial charge on any atom is -0.463 e. The minimum atomic E-state index is -1.26. The molecule has 0 aromatic rings. The number of thioether (sulfide) groups is 1. The van der Waals surface area contributed by atoms with Crippen LogP contribution in [0.1, 0.15) is 48.5 Å². The molecule has 15 heteroatoms. The van der Waals surface area contributed by atoms with Gasteiger partial charge in [-0.1, -0.05) is 12.7 Å². The zero-order valence-corrected chi connectivity index (χ0v) is 24.5. The van der Waals surface area contributed by atoms with E-state index in [1.54, 1.807) is 20.8 Å². The molecule has 1 heterocycles. The van der Waals surface area contributed by atoms with E-state index in [1.165, 1.54) is 19.9 Å². The van der Waals surface area contributed by atoms with Crippen LogP contribution in [0.25, 0.3) is 0 Å². The fourth-order valence-corrected chi connectivity index (χ4v) is 4.74. The van der Waals surface area contributed by atoms with Crippen molar-refractivity contribution in [2.75, 3.05) is 19.0 Å². The van der Waals surface area contributed by atoms with Crippen LogP contribution >= 0.6 is 11.8 Å². The fraction of sp³-hybridized carbons (Fsp3) is 0.680. The minimum absolute atomic E-state index is 0.118. The SMILES string of the molecule is C=CCOC(=O)[C@H](CS[C@H]1O[C@H](COC(C)=O)[C@H](OC(C)=O)[C@H](OC(C)=O)[C@H]1NC(C)=O)NC(=O)OC(C)(C)C. The lowest BCUT2D eigenvalue weighted by Crippen LogP contribution is -2.65. The molecular formula is C25H38N2O12S. The predicted octanol–water partition coefficient (Wildman–Crippen LogP) is 0.998. The lowest BCUT2D eigenvalue weighted by atomic mass is 9.97. The van der Waals surface area contributed by atoms with Crippen LogP contribution in [-0.4, -0.2) is 96.3 Å². The molecule has 40 heavy (non-hydrogen) atoms. The standard InChI is InChI=1S/C25H38N2O12S/c1-9-10-34-22(32)17(27-24(33)39-25(6,7)8)12-40-23-19(26-13(2)28)21(37-16(5)31)20(36-15(4)30)18(38-23)11-35-14(3)29/h9,17-21,23H,1,10-12H2,2-8H3,(H,26,28)(H,27,33)/t17-,18+,19+,20-,21+,23+/m0/s1. The van der Waals surface area contributed by atoms with Gasteiger partial charge in [0.05, 0.1) is 0 Å². The summed E-state index contributed by atoms with van der Waals surface area (Å²) in [6.07, 6.45) is -3.17. The third-order valence-corrected chi connectivity index (χ3v) is 6.08. The highest BCUT2D eigenvalue weighted by molar-refractivity contribution is 7.99. The van der Waals surface area contributed by atoms with E-state index in [2.05, 4.69) is 17.2 Å². The lowest BCUT2D eigenvalue weighted by Gasteiger charge is -2.45. The Morgan fingerprint density at radius 1 is 0.950 bits per heavy atom. The van der Waals surface area contributed by atoms with E-state index in [0.29, 0.717) is 0 Å². The van der Waals surface area contributed by atoms with Crippen molar-refractivity contribution < 1.29 is 57.2 Å². The Hall–Kier alpha value is -3.33. The molecule has 1 aliphatic rings. The van der Waals surface area contributed by atoms with Gasteiger partial charge in [-0.15, -0.1) is 11.8 Å². The number of nitrogens with one attached hydrogen (secondary N) is 2. The van der Waals surface area contributed by atoms with Gasteiger partial charge in [-0.25, -0.2) is 9.59 Å². The average Bonchev–Trinajstić information content (AvgIpc) is 2.80. The number of rotatable bonds is 12. The summed E-state index contributed by atoms with van der Waals surface area (Å²) in [6, 6.07) is -2.32. The maximum atomic E-state index is 12.7. The number of carbonyl (C=O) groups is 6. The summed E-state index contributed by atoms with van der Waals surface area (Å²) in [5, 5.41) is 5.08. The average molecular weight is 591 g/mol. The van der Waals surface area contributed by atoms with Crippen LogP contribution in [0.4, 0.5) is 4.79 Å². The molecule has 0 unspecified atom stereocenters. The first-order chi connectivity index (χ1) is 18.5. The maximum Gasteiger partial charge on any atom is 0.408 e. The van der Waals surface area contributed by atoms with Crippen molar-refractivity contribution in [3.8, 4) is 0 Å². The van der Waals surface area contributed by atoms with Gasteiger partial charge in [-0.3, -0.25) is 19.2 Å². The summed E-state index contributed by atoms with van der Waals surface area (Å²) in [4.78, 5) is 72.6. The second kappa shape index (κ2) is 16.1. The number of esters is 4.